The van der Waals surface area contributed by atoms with Gasteiger partial charge in [0.2, 0.25) is 0 Å². The molecule has 0 amide bonds. The van der Waals surface area contributed by atoms with Crippen LogP contribution in [-0.4, -0.2) is 13.2 Å². The van der Waals surface area contributed by atoms with E-state index in [9.17, 15) is 0 Å². The van der Waals surface area contributed by atoms with Gasteiger partial charge in [-0.3, -0.25) is 0 Å². The molecular weight excluding hydrogens is 1160 g/mol. The minimum absolute atomic E-state index is 0.640. The second-order valence-corrected chi connectivity index (χ2v) is 27.9. The van der Waals surface area contributed by atoms with Crippen molar-refractivity contribution in [3.05, 3.63) is 218 Å². The zero-order valence-electron chi connectivity index (χ0n) is 58.6. The van der Waals surface area contributed by atoms with Gasteiger partial charge < -0.3 is 9.47 Å². The van der Waals surface area contributed by atoms with Gasteiger partial charge >= 0.3 is 0 Å². The SMILES string of the molecule is CCCCCCCCCCCCCCCCCCOc1cc(-c2cc(-c3cccc4ccccc34)cc(-c3cccc4ccccc34)c2)c(OCCCCCCCCCCCCCCCCCC)cc1-c1cc(-c2cccc3ccccc23)cc(-c2cccc3ccccc23)c1. The molecule has 0 fully saturated rings. The predicted molar refractivity (Wildman–Crippen MR) is 419 cm³/mol. The van der Waals surface area contributed by atoms with Gasteiger partial charge in [0.15, 0.2) is 0 Å². The van der Waals surface area contributed by atoms with Crippen molar-refractivity contribution in [2.75, 3.05) is 13.2 Å². The van der Waals surface area contributed by atoms with Gasteiger partial charge in [-0.15, -0.1) is 0 Å². The molecule has 2 heteroatoms. The lowest BCUT2D eigenvalue weighted by Gasteiger charge is -2.21. The van der Waals surface area contributed by atoms with E-state index in [4.69, 9.17) is 9.47 Å². The van der Waals surface area contributed by atoms with Crippen LogP contribution in [-0.2, 0) is 0 Å². The number of ether oxygens (including phenoxy) is 2. The molecule has 0 aliphatic heterocycles. The maximum atomic E-state index is 7.39. The Balaban J connectivity index is 0.939. The number of rotatable bonds is 42. The maximum Gasteiger partial charge on any atom is 0.128 e. The predicted octanol–water partition coefficient (Wildman–Crippen LogP) is 29.6. The molecule has 0 aromatic heterocycles. The second kappa shape index (κ2) is 38.1. The van der Waals surface area contributed by atoms with E-state index in [0.717, 1.165) is 59.4 Å². The molecule has 0 saturated carbocycles. The molecule has 11 rings (SSSR count). The third-order valence-electron chi connectivity index (χ3n) is 20.5. The highest BCUT2D eigenvalue weighted by molar-refractivity contribution is 6.04. The summed E-state index contributed by atoms with van der Waals surface area (Å²) in [6.45, 7) is 5.90. The summed E-state index contributed by atoms with van der Waals surface area (Å²) in [6, 6.07) is 81.6. The lowest BCUT2D eigenvalue weighted by molar-refractivity contribution is 0.298. The van der Waals surface area contributed by atoms with E-state index in [1.807, 2.05) is 0 Å². The summed E-state index contributed by atoms with van der Waals surface area (Å²) in [6.07, 6.45) is 42.7. The number of hydrogen-bond acceptors (Lipinski definition) is 2. The molecule has 0 heterocycles. The lowest BCUT2D eigenvalue weighted by atomic mass is 9.87. The Labute approximate surface area is 578 Å². The topological polar surface area (TPSA) is 18.5 Å². The molecule has 11 aromatic rings. The lowest BCUT2D eigenvalue weighted by Crippen LogP contribution is -2.03. The van der Waals surface area contributed by atoms with Crippen molar-refractivity contribution in [2.24, 2.45) is 0 Å². The molecule has 2 nitrogen and oxygen atoms in total. The minimum Gasteiger partial charge on any atom is -0.493 e. The van der Waals surface area contributed by atoms with Crippen LogP contribution < -0.4 is 9.47 Å². The van der Waals surface area contributed by atoms with Crippen LogP contribution in [0, 0.1) is 0 Å². The van der Waals surface area contributed by atoms with Crippen LogP contribution in [0.4, 0.5) is 0 Å². The van der Waals surface area contributed by atoms with E-state index in [0.29, 0.717) is 13.2 Å². The summed E-state index contributed by atoms with van der Waals surface area (Å²) in [5.41, 5.74) is 13.9. The highest BCUT2D eigenvalue weighted by Gasteiger charge is 2.21. The number of hydrogen-bond donors (Lipinski definition) is 0. The molecule has 0 radical (unpaired) electrons. The van der Waals surface area contributed by atoms with E-state index in [1.54, 1.807) is 0 Å². The zero-order valence-corrected chi connectivity index (χ0v) is 58.6. The van der Waals surface area contributed by atoms with E-state index >= 15 is 0 Å². The number of unbranched alkanes of at least 4 members (excludes halogenated alkanes) is 30. The van der Waals surface area contributed by atoms with Crippen molar-refractivity contribution in [1.29, 1.82) is 0 Å². The fourth-order valence-electron chi connectivity index (χ4n) is 15.0. The minimum atomic E-state index is 0.640. The second-order valence-electron chi connectivity index (χ2n) is 27.9. The molecular formula is C94H110O2. The van der Waals surface area contributed by atoms with Crippen molar-refractivity contribution < 1.29 is 9.47 Å². The fourth-order valence-corrected chi connectivity index (χ4v) is 15.0. The maximum absolute atomic E-state index is 7.39. The van der Waals surface area contributed by atoms with Crippen molar-refractivity contribution in [3.63, 3.8) is 0 Å². The standard InChI is InChI=1S/C94H110O2/c1-3-5-7-9-11-13-15-17-19-21-23-25-27-29-31-41-63-95-93-71-92(82-69-79(89-61-45-53-75-49-35-39-57-85(75)89)66-80(70-82)90-62-46-54-76-50-36-40-58-86(76)90)94(96-64-42-32-30-28-26-24-22-20-18-16-14-12-10-8-6-4-2)72-91(93)81-67-77(87-59-43-51-73-47-33-37-55-83(73)87)65-78(68-81)88-60-44-52-74-48-34-38-56-84(74)88/h33-40,43-62,65-72H,3-32,41-42,63-64H2,1-2H3. The molecule has 0 atom stereocenters. The summed E-state index contributed by atoms with van der Waals surface area (Å²) in [5.74, 6) is 1.78. The first-order chi connectivity index (χ1) is 47.6. The normalized spacial score (nSPS) is 11.6. The Morgan fingerprint density at radius 3 is 0.625 bits per heavy atom. The summed E-state index contributed by atoms with van der Waals surface area (Å²) < 4.78 is 14.8. The molecule has 0 aliphatic carbocycles. The Morgan fingerprint density at radius 2 is 0.385 bits per heavy atom. The van der Waals surface area contributed by atoms with Crippen molar-refractivity contribution in [3.8, 4) is 78.3 Å². The Morgan fingerprint density at radius 1 is 0.188 bits per heavy atom. The van der Waals surface area contributed by atoms with Crippen molar-refractivity contribution >= 4 is 43.1 Å². The molecule has 0 bridgehead atoms. The van der Waals surface area contributed by atoms with Crippen LogP contribution in [0.2, 0.25) is 0 Å². The third kappa shape index (κ3) is 19.6. The van der Waals surface area contributed by atoms with E-state index < -0.39 is 0 Å². The van der Waals surface area contributed by atoms with Crippen molar-refractivity contribution in [2.45, 2.75) is 219 Å². The number of fused-ring (bicyclic) bond motifs is 4. The molecule has 0 N–H and O–H groups in total. The van der Waals surface area contributed by atoms with E-state index in [1.165, 1.54) is 267 Å². The van der Waals surface area contributed by atoms with Crippen LogP contribution in [0.5, 0.6) is 11.5 Å². The van der Waals surface area contributed by atoms with Crippen LogP contribution in [0.1, 0.15) is 219 Å². The molecule has 11 aromatic carbocycles. The van der Waals surface area contributed by atoms with Gasteiger partial charge in [-0.25, -0.2) is 0 Å². The Hall–Kier alpha value is -7.94. The average Bonchev–Trinajstić information content (AvgIpc) is 0.765. The Kier molecular flexibility index (Phi) is 27.6. The fraction of sp³-hybridized carbons (Fsp3) is 0.383. The molecule has 498 valence electrons. The zero-order chi connectivity index (χ0) is 65.6. The van der Waals surface area contributed by atoms with Crippen LogP contribution >= 0.6 is 0 Å². The quantitative estimate of drug-likeness (QED) is 0.0355. The van der Waals surface area contributed by atoms with Gasteiger partial charge in [0, 0.05) is 11.1 Å². The van der Waals surface area contributed by atoms with Crippen LogP contribution in [0.3, 0.4) is 0 Å². The van der Waals surface area contributed by atoms with E-state index in [2.05, 4.69) is 232 Å². The van der Waals surface area contributed by atoms with Crippen LogP contribution in [0.25, 0.3) is 110 Å². The first-order valence-corrected chi connectivity index (χ1v) is 38.3. The summed E-state index contributed by atoms with van der Waals surface area (Å²) in [5, 5.41) is 9.91. The van der Waals surface area contributed by atoms with Gasteiger partial charge in [0.05, 0.1) is 13.2 Å². The van der Waals surface area contributed by atoms with Gasteiger partial charge in [0.1, 0.15) is 11.5 Å². The Bertz CT molecular complexity index is 3660. The number of benzene rings is 11. The third-order valence-corrected chi connectivity index (χ3v) is 20.5. The van der Waals surface area contributed by atoms with E-state index in [-0.39, 0.29) is 0 Å². The summed E-state index contributed by atoms with van der Waals surface area (Å²) >= 11 is 0. The molecule has 0 unspecified atom stereocenters. The molecule has 0 saturated heterocycles. The highest BCUT2D eigenvalue weighted by atomic mass is 16.5. The largest absolute Gasteiger partial charge is 0.493 e. The summed E-state index contributed by atoms with van der Waals surface area (Å²) in [7, 11) is 0. The average molecular weight is 1270 g/mol. The van der Waals surface area contributed by atoms with Gasteiger partial charge in [-0.2, -0.15) is 0 Å². The first-order valence-electron chi connectivity index (χ1n) is 38.3. The molecule has 96 heavy (non-hydrogen) atoms. The monoisotopic (exact) mass is 1270 g/mol. The first kappa shape index (κ1) is 69.4. The van der Waals surface area contributed by atoms with Gasteiger partial charge in [0.25, 0.3) is 0 Å². The summed E-state index contributed by atoms with van der Waals surface area (Å²) in [4.78, 5) is 0. The molecule has 0 spiro atoms. The highest BCUT2D eigenvalue weighted by Crippen LogP contribution is 2.47. The van der Waals surface area contributed by atoms with Gasteiger partial charge in [-0.1, -0.05) is 376 Å². The molecule has 0 aliphatic rings. The van der Waals surface area contributed by atoms with Gasteiger partial charge in [-0.05, 0) is 160 Å². The van der Waals surface area contributed by atoms with Crippen LogP contribution in [0.15, 0.2) is 218 Å². The van der Waals surface area contributed by atoms with Crippen molar-refractivity contribution in [1.82, 2.24) is 0 Å². The smallest absolute Gasteiger partial charge is 0.128 e.